The first kappa shape index (κ1) is 35.7. The molecule has 0 aliphatic heterocycles. The number of hydrogen-bond acceptors (Lipinski definition) is 1. The Hall–Kier alpha value is -7.74. The summed E-state index contributed by atoms with van der Waals surface area (Å²) in [7, 11) is 0. The van der Waals surface area contributed by atoms with Gasteiger partial charge in [-0.1, -0.05) is 200 Å². The van der Waals surface area contributed by atoms with Crippen LogP contribution in [-0.4, -0.2) is 0 Å². The maximum atomic E-state index is 2.40. The van der Waals surface area contributed by atoms with Crippen molar-refractivity contribution < 1.29 is 0 Å². The summed E-state index contributed by atoms with van der Waals surface area (Å²) in [6.07, 6.45) is 0. The van der Waals surface area contributed by atoms with E-state index in [1.165, 1.54) is 77.5 Å². The molecule has 0 radical (unpaired) electrons. The molecular formula is C58H41N. The predicted octanol–water partition coefficient (Wildman–Crippen LogP) is 16.3. The Labute approximate surface area is 346 Å². The molecular weight excluding hydrogens is 711 g/mol. The summed E-state index contributed by atoms with van der Waals surface area (Å²) in [5, 5.41) is 2.52. The fraction of sp³-hybridized carbons (Fsp3) is 0. The highest BCUT2D eigenvalue weighted by Crippen LogP contribution is 2.43. The number of fused-ring (bicyclic) bond motifs is 1. The zero-order valence-electron chi connectivity index (χ0n) is 32.6. The predicted molar refractivity (Wildman–Crippen MR) is 251 cm³/mol. The highest BCUT2D eigenvalue weighted by molar-refractivity contribution is 5.91. The molecule has 0 spiro atoms. The average Bonchev–Trinajstić information content (AvgIpc) is 3.33. The molecule has 0 unspecified atom stereocenters. The van der Waals surface area contributed by atoms with Crippen LogP contribution in [0.2, 0.25) is 0 Å². The van der Waals surface area contributed by atoms with E-state index in [0.717, 1.165) is 17.1 Å². The van der Waals surface area contributed by atoms with Gasteiger partial charge in [-0.2, -0.15) is 0 Å². The van der Waals surface area contributed by atoms with E-state index in [1.54, 1.807) is 0 Å². The summed E-state index contributed by atoms with van der Waals surface area (Å²) in [5.41, 5.74) is 17.6. The Morgan fingerprint density at radius 2 is 0.610 bits per heavy atom. The number of para-hydroxylation sites is 1. The highest BCUT2D eigenvalue weighted by Gasteiger charge is 2.18. The molecule has 0 amide bonds. The minimum Gasteiger partial charge on any atom is -0.310 e. The molecule has 0 fully saturated rings. The summed E-state index contributed by atoms with van der Waals surface area (Å²) in [5.74, 6) is 0. The molecule has 0 aliphatic rings. The molecule has 0 atom stereocenters. The van der Waals surface area contributed by atoms with Gasteiger partial charge in [0, 0.05) is 16.9 Å². The molecule has 1 nitrogen and oxygen atoms in total. The van der Waals surface area contributed by atoms with Gasteiger partial charge in [0.15, 0.2) is 0 Å². The molecule has 0 heterocycles. The van der Waals surface area contributed by atoms with Crippen LogP contribution in [0.15, 0.2) is 249 Å². The molecule has 10 aromatic carbocycles. The monoisotopic (exact) mass is 751 g/mol. The lowest BCUT2D eigenvalue weighted by atomic mass is 9.96. The average molecular weight is 752 g/mol. The Bertz CT molecular complexity index is 3020. The topological polar surface area (TPSA) is 3.24 Å². The van der Waals surface area contributed by atoms with E-state index in [9.17, 15) is 0 Å². The largest absolute Gasteiger partial charge is 0.310 e. The quantitative estimate of drug-likeness (QED) is 0.142. The number of nitrogens with zero attached hydrogens (tertiary/aromatic N) is 1. The molecule has 0 aromatic heterocycles. The molecule has 0 aliphatic carbocycles. The molecule has 0 saturated carbocycles. The van der Waals surface area contributed by atoms with Gasteiger partial charge < -0.3 is 4.90 Å². The van der Waals surface area contributed by atoms with Crippen molar-refractivity contribution >= 4 is 27.8 Å². The van der Waals surface area contributed by atoms with Gasteiger partial charge in [0.25, 0.3) is 0 Å². The summed E-state index contributed by atoms with van der Waals surface area (Å²) in [4.78, 5) is 2.40. The van der Waals surface area contributed by atoms with E-state index in [1.807, 2.05) is 0 Å². The van der Waals surface area contributed by atoms with Crippen molar-refractivity contribution in [1.82, 2.24) is 0 Å². The number of anilines is 3. The van der Waals surface area contributed by atoms with Crippen LogP contribution in [0.4, 0.5) is 17.1 Å². The fourth-order valence-electron chi connectivity index (χ4n) is 8.20. The van der Waals surface area contributed by atoms with Crippen LogP contribution in [0.5, 0.6) is 0 Å². The zero-order valence-corrected chi connectivity index (χ0v) is 32.6. The summed E-state index contributed by atoms with van der Waals surface area (Å²) in [6.45, 7) is 0. The van der Waals surface area contributed by atoms with Crippen molar-refractivity contribution in [3.63, 3.8) is 0 Å². The van der Waals surface area contributed by atoms with E-state index in [0.29, 0.717) is 0 Å². The summed E-state index contributed by atoms with van der Waals surface area (Å²) >= 11 is 0. The van der Waals surface area contributed by atoms with E-state index >= 15 is 0 Å². The van der Waals surface area contributed by atoms with Gasteiger partial charge in [0.1, 0.15) is 0 Å². The van der Waals surface area contributed by atoms with Crippen molar-refractivity contribution in [3.05, 3.63) is 249 Å². The molecule has 1 heteroatoms. The minimum absolute atomic E-state index is 1.09. The van der Waals surface area contributed by atoms with Gasteiger partial charge in [-0.05, 0) is 121 Å². The van der Waals surface area contributed by atoms with Crippen molar-refractivity contribution in [2.75, 3.05) is 4.90 Å². The van der Waals surface area contributed by atoms with E-state index < -0.39 is 0 Å². The van der Waals surface area contributed by atoms with Crippen molar-refractivity contribution in [2.24, 2.45) is 0 Å². The van der Waals surface area contributed by atoms with E-state index in [4.69, 9.17) is 0 Å². The highest BCUT2D eigenvalue weighted by atomic mass is 15.1. The van der Waals surface area contributed by atoms with Gasteiger partial charge in [0.05, 0.1) is 5.69 Å². The van der Waals surface area contributed by atoms with Crippen LogP contribution in [0, 0.1) is 0 Å². The molecule has 0 N–H and O–H groups in total. The van der Waals surface area contributed by atoms with Gasteiger partial charge in [0.2, 0.25) is 0 Å². The van der Waals surface area contributed by atoms with Gasteiger partial charge in [-0.3, -0.25) is 0 Å². The first-order valence-electron chi connectivity index (χ1n) is 20.2. The standard InChI is InChI=1S/C58H41N/c1-3-14-42(15-4-1)50-21-12-24-54(40-50)57-26-9-10-27-58(57)59(56-25-13-23-52(41-56)43-16-5-2-6-17-43)55-36-34-46(35-37-55)45-28-30-47(31-29-45)49-20-11-22-51(38-49)53-33-32-44-18-7-8-19-48(44)39-53/h1-41H. The fourth-order valence-corrected chi connectivity index (χ4v) is 8.20. The minimum atomic E-state index is 1.09. The molecule has 0 bridgehead atoms. The molecule has 278 valence electrons. The van der Waals surface area contributed by atoms with E-state index in [-0.39, 0.29) is 0 Å². The van der Waals surface area contributed by atoms with Gasteiger partial charge in [-0.15, -0.1) is 0 Å². The molecule has 59 heavy (non-hydrogen) atoms. The molecule has 0 saturated heterocycles. The lowest BCUT2D eigenvalue weighted by Gasteiger charge is -2.28. The van der Waals surface area contributed by atoms with Crippen LogP contribution in [0.1, 0.15) is 0 Å². The Morgan fingerprint density at radius 3 is 1.27 bits per heavy atom. The SMILES string of the molecule is c1ccc(-c2cccc(-c3ccccc3N(c3ccc(-c4ccc(-c5cccc(-c6ccc7ccccc7c6)c5)cc4)cc3)c3cccc(-c4ccccc4)c3)c2)cc1. The zero-order chi connectivity index (χ0) is 39.4. The summed E-state index contributed by atoms with van der Waals surface area (Å²) < 4.78 is 0. The lowest BCUT2D eigenvalue weighted by Crippen LogP contribution is -2.11. The second-order valence-corrected chi connectivity index (χ2v) is 15.0. The first-order valence-corrected chi connectivity index (χ1v) is 20.2. The van der Waals surface area contributed by atoms with Gasteiger partial charge in [-0.25, -0.2) is 0 Å². The smallest absolute Gasteiger partial charge is 0.0540 e. The Morgan fingerprint density at radius 1 is 0.203 bits per heavy atom. The molecule has 10 aromatic rings. The van der Waals surface area contributed by atoms with Crippen LogP contribution >= 0.6 is 0 Å². The normalized spacial score (nSPS) is 11.1. The third kappa shape index (κ3) is 7.46. The lowest BCUT2D eigenvalue weighted by molar-refractivity contribution is 1.28. The number of benzene rings is 10. The van der Waals surface area contributed by atoms with Crippen LogP contribution in [0.3, 0.4) is 0 Å². The van der Waals surface area contributed by atoms with Gasteiger partial charge >= 0.3 is 0 Å². The number of hydrogen-bond donors (Lipinski definition) is 0. The molecule has 10 rings (SSSR count). The Balaban J connectivity index is 0.994. The van der Waals surface area contributed by atoms with Crippen LogP contribution < -0.4 is 4.90 Å². The van der Waals surface area contributed by atoms with Crippen LogP contribution in [0.25, 0.3) is 77.5 Å². The summed E-state index contributed by atoms with van der Waals surface area (Å²) in [6, 6.07) is 89.8. The second kappa shape index (κ2) is 16.0. The third-order valence-electron chi connectivity index (χ3n) is 11.3. The van der Waals surface area contributed by atoms with Crippen molar-refractivity contribution in [1.29, 1.82) is 0 Å². The van der Waals surface area contributed by atoms with E-state index in [2.05, 4.69) is 254 Å². The Kier molecular flexibility index (Phi) is 9.68. The number of rotatable bonds is 9. The van der Waals surface area contributed by atoms with Crippen molar-refractivity contribution in [2.45, 2.75) is 0 Å². The second-order valence-electron chi connectivity index (χ2n) is 15.0. The van der Waals surface area contributed by atoms with Crippen LogP contribution in [-0.2, 0) is 0 Å². The maximum absolute atomic E-state index is 2.40. The first-order chi connectivity index (χ1) is 29.2. The van der Waals surface area contributed by atoms with Crippen molar-refractivity contribution in [3.8, 4) is 66.8 Å². The maximum Gasteiger partial charge on any atom is 0.0540 e. The third-order valence-corrected chi connectivity index (χ3v) is 11.3.